The van der Waals surface area contributed by atoms with Crippen LogP contribution in [0.5, 0.6) is 5.75 Å². The number of halogens is 1. The molecule has 1 aliphatic rings. The monoisotopic (exact) mass is 456 g/mol. The molecule has 0 unspecified atom stereocenters. The maximum absolute atomic E-state index is 14.2. The number of nitrogens with zero attached hydrogens (tertiary/aromatic N) is 4. The molecule has 34 heavy (non-hydrogen) atoms. The number of hydrogen-bond acceptors (Lipinski definition) is 4. The van der Waals surface area contributed by atoms with Crippen LogP contribution in [-0.4, -0.2) is 53.9 Å². The Labute approximate surface area is 197 Å². The van der Waals surface area contributed by atoms with Gasteiger partial charge >= 0.3 is 0 Å². The first-order valence-corrected chi connectivity index (χ1v) is 11.2. The lowest BCUT2D eigenvalue weighted by Gasteiger charge is -2.36. The van der Waals surface area contributed by atoms with Crippen LogP contribution in [0.2, 0.25) is 0 Å². The number of amides is 1. The van der Waals surface area contributed by atoms with Gasteiger partial charge in [-0.15, -0.1) is 0 Å². The Balaban J connectivity index is 1.43. The zero-order chi connectivity index (χ0) is 23.5. The van der Waals surface area contributed by atoms with Crippen LogP contribution in [0.15, 0.2) is 85.1 Å². The summed E-state index contributed by atoms with van der Waals surface area (Å²) in [5.41, 5.74) is 3.44. The molecule has 3 aromatic carbocycles. The van der Waals surface area contributed by atoms with Gasteiger partial charge in [-0.1, -0.05) is 30.3 Å². The van der Waals surface area contributed by atoms with Crippen LogP contribution >= 0.6 is 0 Å². The number of carbonyl (C=O) groups excluding carboxylic acids is 1. The fourth-order valence-electron chi connectivity index (χ4n) is 4.23. The first-order valence-electron chi connectivity index (χ1n) is 11.2. The molecule has 172 valence electrons. The molecule has 0 atom stereocenters. The van der Waals surface area contributed by atoms with E-state index in [9.17, 15) is 9.18 Å². The normalized spacial score (nSPS) is 13.7. The van der Waals surface area contributed by atoms with E-state index in [1.54, 1.807) is 30.1 Å². The van der Waals surface area contributed by atoms with Gasteiger partial charge in [0.25, 0.3) is 5.91 Å². The fourth-order valence-corrected chi connectivity index (χ4v) is 4.23. The molecule has 0 saturated carbocycles. The van der Waals surface area contributed by atoms with E-state index in [2.05, 4.69) is 0 Å². The molecule has 1 aromatic heterocycles. The number of ether oxygens (including phenoxy) is 1. The molecule has 6 nitrogen and oxygen atoms in total. The number of anilines is 1. The Morgan fingerprint density at radius 1 is 0.882 bits per heavy atom. The van der Waals surface area contributed by atoms with Crippen molar-refractivity contribution >= 4 is 11.6 Å². The molecule has 7 heteroatoms. The lowest BCUT2D eigenvalue weighted by atomic mass is 10.1. The van der Waals surface area contributed by atoms with Gasteiger partial charge < -0.3 is 14.5 Å². The minimum absolute atomic E-state index is 0.0822. The van der Waals surface area contributed by atoms with Gasteiger partial charge in [0.05, 0.1) is 24.0 Å². The molecule has 1 saturated heterocycles. The maximum atomic E-state index is 14.2. The number of carbonyl (C=O) groups is 1. The average molecular weight is 457 g/mol. The molecular weight excluding hydrogens is 431 g/mol. The van der Waals surface area contributed by atoms with Crippen LogP contribution < -0.4 is 9.64 Å². The van der Waals surface area contributed by atoms with Crippen LogP contribution in [0.25, 0.3) is 16.9 Å². The Bertz CT molecular complexity index is 1280. The highest BCUT2D eigenvalue weighted by molar-refractivity contribution is 6.00. The lowest BCUT2D eigenvalue weighted by Crippen LogP contribution is -2.49. The molecule has 0 aliphatic carbocycles. The van der Waals surface area contributed by atoms with Gasteiger partial charge in [0.1, 0.15) is 17.3 Å². The van der Waals surface area contributed by atoms with E-state index in [4.69, 9.17) is 9.84 Å². The maximum Gasteiger partial charge on any atom is 0.257 e. The van der Waals surface area contributed by atoms with Gasteiger partial charge in [-0.05, 0) is 48.5 Å². The number of piperazine rings is 1. The summed E-state index contributed by atoms with van der Waals surface area (Å²) in [5.74, 6) is 0.415. The van der Waals surface area contributed by atoms with E-state index >= 15 is 0 Å². The number of rotatable bonds is 5. The average Bonchev–Trinajstić information content (AvgIpc) is 3.35. The third-order valence-electron chi connectivity index (χ3n) is 6.09. The molecular formula is C27H25FN4O2. The molecule has 0 spiro atoms. The number of hydrogen-bond donors (Lipinski definition) is 0. The minimum atomic E-state index is -0.242. The highest BCUT2D eigenvalue weighted by Gasteiger charge is 2.27. The quantitative estimate of drug-likeness (QED) is 0.439. The van der Waals surface area contributed by atoms with E-state index in [-0.39, 0.29) is 11.7 Å². The van der Waals surface area contributed by atoms with Crippen molar-refractivity contribution in [1.29, 1.82) is 0 Å². The van der Waals surface area contributed by atoms with Crippen LogP contribution in [0.4, 0.5) is 10.1 Å². The van der Waals surface area contributed by atoms with Gasteiger partial charge in [-0.2, -0.15) is 5.10 Å². The predicted octanol–water partition coefficient (Wildman–Crippen LogP) is 4.65. The Hall–Kier alpha value is -4.13. The second kappa shape index (κ2) is 9.39. The number of para-hydroxylation sites is 2. The number of methoxy groups -OCH3 is 1. The first-order chi connectivity index (χ1) is 16.6. The van der Waals surface area contributed by atoms with Crippen molar-refractivity contribution in [2.45, 2.75) is 0 Å². The van der Waals surface area contributed by atoms with Crippen molar-refractivity contribution in [3.05, 3.63) is 96.4 Å². The zero-order valence-corrected chi connectivity index (χ0v) is 18.9. The molecule has 2 heterocycles. The fraction of sp³-hybridized carbons (Fsp3) is 0.185. The second-order valence-corrected chi connectivity index (χ2v) is 8.13. The summed E-state index contributed by atoms with van der Waals surface area (Å²) in [4.78, 5) is 17.4. The summed E-state index contributed by atoms with van der Waals surface area (Å²) in [6, 6.07) is 24.0. The topological polar surface area (TPSA) is 50.6 Å². The Kier molecular flexibility index (Phi) is 5.99. The van der Waals surface area contributed by atoms with E-state index < -0.39 is 0 Å². The summed E-state index contributed by atoms with van der Waals surface area (Å²) in [5, 5.41) is 4.76. The summed E-state index contributed by atoms with van der Waals surface area (Å²) in [7, 11) is 1.62. The molecule has 1 amide bonds. The van der Waals surface area contributed by atoms with E-state index in [1.807, 2.05) is 70.5 Å². The molecule has 0 bridgehead atoms. The van der Waals surface area contributed by atoms with E-state index in [0.29, 0.717) is 43.1 Å². The van der Waals surface area contributed by atoms with Crippen LogP contribution in [-0.2, 0) is 0 Å². The van der Waals surface area contributed by atoms with Crippen molar-refractivity contribution in [3.8, 4) is 22.7 Å². The summed E-state index contributed by atoms with van der Waals surface area (Å²) >= 11 is 0. The lowest BCUT2D eigenvalue weighted by molar-refractivity contribution is 0.0747. The minimum Gasteiger partial charge on any atom is -0.497 e. The Morgan fingerprint density at radius 2 is 1.56 bits per heavy atom. The standard InChI is InChI=1S/C27H25FN4O2/c1-34-22-13-11-20(12-14-22)26-23(19-32(29-26)21-7-3-2-4-8-21)27(33)31-17-15-30(16-18-31)25-10-6-5-9-24(25)28/h2-14,19H,15-18H2,1H3. The van der Waals surface area contributed by atoms with Crippen LogP contribution in [0.3, 0.4) is 0 Å². The zero-order valence-electron chi connectivity index (χ0n) is 18.9. The van der Waals surface area contributed by atoms with E-state index in [1.165, 1.54) is 6.07 Å². The van der Waals surface area contributed by atoms with Crippen molar-refractivity contribution in [2.75, 3.05) is 38.2 Å². The summed E-state index contributed by atoms with van der Waals surface area (Å²) in [6.45, 7) is 2.15. The summed E-state index contributed by atoms with van der Waals surface area (Å²) in [6.07, 6.45) is 1.79. The first kappa shape index (κ1) is 21.7. The molecule has 0 radical (unpaired) electrons. The molecule has 0 N–H and O–H groups in total. The summed E-state index contributed by atoms with van der Waals surface area (Å²) < 4.78 is 21.2. The SMILES string of the molecule is COc1ccc(-c2nn(-c3ccccc3)cc2C(=O)N2CCN(c3ccccc3F)CC2)cc1. The van der Waals surface area contributed by atoms with Crippen molar-refractivity contribution in [2.24, 2.45) is 0 Å². The number of benzene rings is 3. The number of aromatic nitrogens is 2. The smallest absolute Gasteiger partial charge is 0.257 e. The highest BCUT2D eigenvalue weighted by Crippen LogP contribution is 2.28. The largest absolute Gasteiger partial charge is 0.497 e. The van der Waals surface area contributed by atoms with Crippen molar-refractivity contribution in [1.82, 2.24) is 14.7 Å². The van der Waals surface area contributed by atoms with Crippen LogP contribution in [0.1, 0.15) is 10.4 Å². The molecule has 4 aromatic rings. The predicted molar refractivity (Wildman–Crippen MR) is 130 cm³/mol. The van der Waals surface area contributed by atoms with Crippen molar-refractivity contribution < 1.29 is 13.9 Å². The molecule has 5 rings (SSSR count). The third-order valence-corrected chi connectivity index (χ3v) is 6.09. The van der Waals surface area contributed by atoms with E-state index in [0.717, 1.165) is 17.0 Å². The van der Waals surface area contributed by atoms with Gasteiger partial charge in [-0.3, -0.25) is 4.79 Å². The Morgan fingerprint density at radius 3 is 2.24 bits per heavy atom. The second-order valence-electron chi connectivity index (χ2n) is 8.13. The van der Waals surface area contributed by atoms with Crippen LogP contribution in [0, 0.1) is 5.82 Å². The van der Waals surface area contributed by atoms with Gasteiger partial charge in [-0.25, -0.2) is 9.07 Å². The van der Waals surface area contributed by atoms with Gasteiger partial charge in [0.15, 0.2) is 0 Å². The highest BCUT2D eigenvalue weighted by atomic mass is 19.1. The third kappa shape index (κ3) is 4.24. The van der Waals surface area contributed by atoms with Gasteiger partial charge in [0.2, 0.25) is 0 Å². The molecule has 1 aliphatic heterocycles. The molecule has 1 fully saturated rings. The van der Waals surface area contributed by atoms with Crippen molar-refractivity contribution in [3.63, 3.8) is 0 Å². The van der Waals surface area contributed by atoms with Gasteiger partial charge in [0, 0.05) is 37.9 Å².